The van der Waals surface area contributed by atoms with Gasteiger partial charge in [0.15, 0.2) is 0 Å². The minimum absolute atomic E-state index is 0.277. The van der Waals surface area contributed by atoms with Crippen molar-refractivity contribution in [3.8, 4) is 0 Å². The Balaban J connectivity index is 1.68. The molecule has 0 bridgehead atoms. The van der Waals surface area contributed by atoms with E-state index >= 15 is 0 Å². The van der Waals surface area contributed by atoms with Crippen molar-refractivity contribution in [3.05, 3.63) is 54.0 Å². The lowest BCUT2D eigenvalue weighted by molar-refractivity contribution is -0.137. The van der Waals surface area contributed by atoms with Gasteiger partial charge in [0.2, 0.25) is 5.95 Å². The van der Waals surface area contributed by atoms with E-state index in [1.165, 1.54) is 12.3 Å². The van der Waals surface area contributed by atoms with Crippen molar-refractivity contribution in [2.75, 3.05) is 5.32 Å². The van der Waals surface area contributed by atoms with Gasteiger partial charge in [-0.05, 0) is 36.4 Å². The largest absolute Gasteiger partial charge is 0.416 e. The average molecular weight is 334 g/mol. The second-order valence-corrected chi connectivity index (χ2v) is 5.34. The van der Waals surface area contributed by atoms with Gasteiger partial charge >= 0.3 is 6.18 Å². The molecular formula is C16H10F4N4. The number of aromatic amines is 2. The Labute approximate surface area is 132 Å². The van der Waals surface area contributed by atoms with Gasteiger partial charge in [-0.2, -0.15) is 13.2 Å². The Bertz CT molecular complexity index is 1050. The quantitative estimate of drug-likeness (QED) is 0.455. The van der Waals surface area contributed by atoms with Gasteiger partial charge in [-0.1, -0.05) is 0 Å². The molecule has 2 aromatic carbocycles. The van der Waals surface area contributed by atoms with Crippen molar-refractivity contribution in [2.24, 2.45) is 0 Å². The van der Waals surface area contributed by atoms with Crippen LogP contribution in [0.15, 0.2) is 42.6 Å². The highest BCUT2D eigenvalue weighted by Gasteiger charge is 2.30. The summed E-state index contributed by atoms with van der Waals surface area (Å²) in [5.41, 5.74) is 1.18. The van der Waals surface area contributed by atoms with E-state index in [0.717, 1.165) is 12.1 Å². The standard InChI is InChI=1S/C16H10F4N4/c17-11-7-21-13-6-9(2-3-10(11)13)22-15-23-12-4-1-8(16(18,19)20)5-14(12)24-15/h1-7,21H,(H2,22,23,24). The number of hydrogen-bond acceptors (Lipinski definition) is 2. The van der Waals surface area contributed by atoms with Crippen LogP contribution in [0.2, 0.25) is 0 Å². The van der Waals surface area contributed by atoms with Crippen LogP contribution >= 0.6 is 0 Å². The summed E-state index contributed by atoms with van der Waals surface area (Å²) >= 11 is 0. The van der Waals surface area contributed by atoms with Crippen LogP contribution in [0.1, 0.15) is 5.56 Å². The van der Waals surface area contributed by atoms with Gasteiger partial charge in [-0.3, -0.25) is 0 Å². The first-order valence-electron chi connectivity index (χ1n) is 7.01. The number of anilines is 2. The van der Waals surface area contributed by atoms with Crippen molar-refractivity contribution in [2.45, 2.75) is 6.18 Å². The summed E-state index contributed by atoms with van der Waals surface area (Å²) in [7, 11) is 0. The first-order valence-corrected chi connectivity index (χ1v) is 7.01. The molecule has 0 radical (unpaired) electrons. The lowest BCUT2D eigenvalue weighted by Gasteiger charge is -2.05. The predicted octanol–water partition coefficient (Wildman–Crippen LogP) is 4.95. The van der Waals surface area contributed by atoms with Gasteiger partial charge < -0.3 is 15.3 Å². The molecule has 3 N–H and O–H groups in total. The highest BCUT2D eigenvalue weighted by molar-refractivity contribution is 5.85. The van der Waals surface area contributed by atoms with Gasteiger partial charge in [-0.15, -0.1) is 0 Å². The highest BCUT2D eigenvalue weighted by atomic mass is 19.4. The third-order valence-corrected chi connectivity index (χ3v) is 3.70. The maximum Gasteiger partial charge on any atom is 0.416 e. The first-order chi connectivity index (χ1) is 11.4. The fourth-order valence-electron chi connectivity index (χ4n) is 2.55. The number of halogens is 4. The molecule has 4 aromatic rings. The van der Waals surface area contributed by atoms with E-state index in [1.807, 2.05) is 0 Å². The van der Waals surface area contributed by atoms with Crippen molar-refractivity contribution in [1.82, 2.24) is 15.0 Å². The summed E-state index contributed by atoms with van der Waals surface area (Å²) < 4.78 is 51.6. The number of rotatable bonds is 2. The third kappa shape index (κ3) is 2.45. The smallest absolute Gasteiger partial charge is 0.358 e. The number of nitrogens with zero attached hydrogens (tertiary/aromatic N) is 1. The van der Waals surface area contributed by atoms with Crippen molar-refractivity contribution >= 4 is 33.6 Å². The van der Waals surface area contributed by atoms with Crippen molar-refractivity contribution in [3.63, 3.8) is 0 Å². The van der Waals surface area contributed by atoms with Crippen LogP contribution in [0, 0.1) is 5.82 Å². The molecule has 0 amide bonds. The maximum atomic E-state index is 13.4. The van der Waals surface area contributed by atoms with E-state index in [-0.39, 0.29) is 11.3 Å². The van der Waals surface area contributed by atoms with E-state index < -0.39 is 11.7 Å². The average Bonchev–Trinajstić information content (AvgIpc) is 3.09. The zero-order chi connectivity index (χ0) is 16.9. The van der Waals surface area contributed by atoms with Gasteiger partial charge in [0.05, 0.1) is 22.1 Å². The van der Waals surface area contributed by atoms with Crippen LogP contribution in [-0.2, 0) is 6.18 Å². The zero-order valence-electron chi connectivity index (χ0n) is 12.0. The zero-order valence-corrected chi connectivity index (χ0v) is 12.0. The van der Waals surface area contributed by atoms with E-state index in [4.69, 9.17) is 0 Å². The molecule has 0 atom stereocenters. The lowest BCUT2D eigenvalue weighted by atomic mass is 10.2. The molecule has 0 saturated carbocycles. The summed E-state index contributed by atoms with van der Waals surface area (Å²) in [4.78, 5) is 9.80. The summed E-state index contributed by atoms with van der Waals surface area (Å²) in [6, 6.07) is 8.26. The van der Waals surface area contributed by atoms with Crippen molar-refractivity contribution in [1.29, 1.82) is 0 Å². The molecule has 4 rings (SSSR count). The van der Waals surface area contributed by atoms with Crippen LogP contribution in [0.4, 0.5) is 29.2 Å². The van der Waals surface area contributed by atoms with E-state index in [0.29, 0.717) is 28.1 Å². The molecular weight excluding hydrogens is 324 g/mol. The first kappa shape index (κ1) is 14.6. The van der Waals surface area contributed by atoms with Crippen LogP contribution in [0.25, 0.3) is 21.9 Å². The molecule has 0 spiro atoms. The second-order valence-electron chi connectivity index (χ2n) is 5.34. The minimum Gasteiger partial charge on any atom is -0.358 e. The Morgan fingerprint density at radius 2 is 1.83 bits per heavy atom. The summed E-state index contributed by atoms with van der Waals surface area (Å²) in [5, 5.41) is 3.42. The van der Waals surface area contributed by atoms with Crippen molar-refractivity contribution < 1.29 is 17.6 Å². The highest BCUT2D eigenvalue weighted by Crippen LogP contribution is 2.31. The number of imidazole rings is 1. The molecule has 2 aromatic heterocycles. The van der Waals surface area contributed by atoms with Crippen LogP contribution in [0.5, 0.6) is 0 Å². The van der Waals surface area contributed by atoms with E-state index in [9.17, 15) is 17.6 Å². The monoisotopic (exact) mass is 334 g/mol. The number of H-pyrrole nitrogens is 2. The van der Waals surface area contributed by atoms with Gasteiger partial charge in [0.25, 0.3) is 0 Å². The molecule has 122 valence electrons. The van der Waals surface area contributed by atoms with Gasteiger partial charge in [-0.25, -0.2) is 9.37 Å². The van der Waals surface area contributed by atoms with Gasteiger partial charge in [0.1, 0.15) is 5.82 Å². The van der Waals surface area contributed by atoms with E-state index in [1.54, 1.807) is 18.2 Å². The molecule has 0 aliphatic carbocycles. The Kier molecular flexibility index (Phi) is 3.02. The third-order valence-electron chi connectivity index (χ3n) is 3.70. The minimum atomic E-state index is -4.41. The van der Waals surface area contributed by atoms with E-state index in [2.05, 4.69) is 20.3 Å². The number of alkyl halides is 3. The van der Waals surface area contributed by atoms with Crippen LogP contribution in [-0.4, -0.2) is 15.0 Å². The molecule has 8 heteroatoms. The number of fused-ring (bicyclic) bond motifs is 2. The fourth-order valence-corrected chi connectivity index (χ4v) is 2.55. The Morgan fingerprint density at radius 3 is 2.62 bits per heavy atom. The summed E-state index contributed by atoms with van der Waals surface area (Å²) in [6.07, 6.45) is -3.15. The second kappa shape index (κ2) is 4.98. The molecule has 0 unspecified atom stereocenters. The molecule has 24 heavy (non-hydrogen) atoms. The molecule has 0 aliphatic rings. The maximum absolute atomic E-state index is 13.4. The topological polar surface area (TPSA) is 56.5 Å². The van der Waals surface area contributed by atoms with Gasteiger partial charge in [0, 0.05) is 17.3 Å². The molecule has 2 heterocycles. The Morgan fingerprint density at radius 1 is 1.00 bits per heavy atom. The SMILES string of the molecule is Fc1c[nH]c2cc(Nc3nc4ccc(C(F)(F)F)cc4[nH]3)ccc12. The number of aromatic nitrogens is 3. The lowest BCUT2D eigenvalue weighted by Crippen LogP contribution is -2.04. The summed E-state index contributed by atoms with van der Waals surface area (Å²) in [5.74, 6) is -0.0457. The molecule has 4 nitrogen and oxygen atoms in total. The molecule has 0 aliphatic heterocycles. The fraction of sp³-hybridized carbons (Fsp3) is 0.0625. The number of benzene rings is 2. The van der Waals surface area contributed by atoms with Crippen LogP contribution in [0.3, 0.4) is 0 Å². The van der Waals surface area contributed by atoms with Crippen LogP contribution < -0.4 is 5.32 Å². The Hall–Kier alpha value is -3.03. The number of hydrogen-bond donors (Lipinski definition) is 3. The normalized spacial score (nSPS) is 12.2. The number of nitrogens with one attached hydrogen (secondary N) is 3. The predicted molar refractivity (Wildman–Crippen MR) is 82.6 cm³/mol. The summed E-state index contributed by atoms with van der Waals surface area (Å²) in [6.45, 7) is 0. The molecule has 0 fully saturated rings. The molecule has 0 saturated heterocycles.